The molecule has 0 aliphatic heterocycles. The summed E-state index contributed by atoms with van der Waals surface area (Å²) in [5, 5.41) is 14.6. The van der Waals surface area contributed by atoms with Gasteiger partial charge in [0.1, 0.15) is 0 Å². The second-order valence-electron chi connectivity index (χ2n) is 4.13. The summed E-state index contributed by atoms with van der Waals surface area (Å²) < 4.78 is 1.51. The number of rotatable bonds is 4. The van der Waals surface area contributed by atoms with Crippen LogP contribution in [0.4, 0.5) is 16.8 Å². The maximum atomic E-state index is 5.85. The maximum Gasteiger partial charge on any atom is 0.237 e. The van der Waals surface area contributed by atoms with Crippen LogP contribution in [0.2, 0.25) is 0 Å². The van der Waals surface area contributed by atoms with Gasteiger partial charge in [0, 0.05) is 12.7 Å². The van der Waals surface area contributed by atoms with E-state index in [-0.39, 0.29) is 0 Å². The summed E-state index contributed by atoms with van der Waals surface area (Å²) in [7, 11) is 1.94. The number of aromatic nitrogens is 5. The number of nitrogens with zero attached hydrogens (tertiary/aromatic N) is 6. The smallest absolute Gasteiger partial charge is 0.237 e. The maximum absolute atomic E-state index is 5.85. The Morgan fingerprint density at radius 2 is 2.00 bits per heavy atom. The van der Waals surface area contributed by atoms with Gasteiger partial charge in [0.25, 0.3) is 0 Å². The Bertz CT molecular complexity index is 737. The van der Waals surface area contributed by atoms with Crippen molar-refractivity contribution in [3.8, 4) is 5.13 Å². The van der Waals surface area contributed by atoms with Gasteiger partial charge in [-0.3, -0.25) is 0 Å². The lowest BCUT2D eigenvalue weighted by Crippen LogP contribution is -2.08. The normalized spacial score (nSPS) is 10.8. The van der Waals surface area contributed by atoms with Gasteiger partial charge in [0.2, 0.25) is 21.4 Å². The summed E-state index contributed by atoms with van der Waals surface area (Å²) in [6.07, 6.45) is 1.90. The Morgan fingerprint density at radius 1 is 1.24 bits per heavy atom. The molecule has 2 aromatic heterocycles. The van der Waals surface area contributed by atoms with Crippen LogP contribution in [0.3, 0.4) is 0 Å². The molecule has 0 unspecified atom stereocenters. The molecule has 7 nitrogen and oxygen atoms in total. The molecule has 0 bridgehead atoms. The van der Waals surface area contributed by atoms with Gasteiger partial charge in [-0.25, -0.2) is 0 Å². The van der Waals surface area contributed by atoms with Crippen LogP contribution in [0.15, 0.2) is 35.5 Å². The van der Waals surface area contributed by atoms with Crippen LogP contribution in [-0.2, 0) is 0 Å². The van der Waals surface area contributed by atoms with Crippen molar-refractivity contribution in [1.82, 2.24) is 25.0 Å². The summed E-state index contributed by atoms with van der Waals surface area (Å²) in [6, 6.07) is 9.96. The first kappa shape index (κ1) is 13.8. The highest BCUT2D eigenvalue weighted by Gasteiger charge is 2.15. The van der Waals surface area contributed by atoms with Gasteiger partial charge < -0.3 is 10.6 Å². The van der Waals surface area contributed by atoms with Crippen molar-refractivity contribution in [2.75, 3.05) is 23.9 Å². The summed E-state index contributed by atoms with van der Waals surface area (Å²) in [5.41, 5.74) is 6.89. The van der Waals surface area contributed by atoms with Crippen molar-refractivity contribution in [2.24, 2.45) is 0 Å². The molecule has 0 atom stereocenters. The van der Waals surface area contributed by atoms with Crippen molar-refractivity contribution >= 4 is 39.9 Å². The van der Waals surface area contributed by atoms with E-state index in [9.17, 15) is 0 Å². The first-order chi connectivity index (χ1) is 10.2. The number of nitrogens with two attached hydrogens (primary N) is 1. The zero-order valence-electron chi connectivity index (χ0n) is 11.5. The molecule has 0 radical (unpaired) electrons. The van der Waals surface area contributed by atoms with Gasteiger partial charge in [0.15, 0.2) is 0 Å². The van der Waals surface area contributed by atoms with Crippen molar-refractivity contribution in [3.05, 3.63) is 30.3 Å². The highest BCUT2D eigenvalue weighted by Crippen LogP contribution is 2.28. The van der Waals surface area contributed by atoms with Gasteiger partial charge in [-0.2, -0.15) is 9.67 Å². The van der Waals surface area contributed by atoms with Gasteiger partial charge in [0.05, 0.1) is 0 Å². The molecule has 2 N–H and O–H groups in total. The predicted octanol–water partition coefficient (Wildman–Crippen LogP) is 2.19. The van der Waals surface area contributed by atoms with Crippen molar-refractivity contribution < 1.29 is 0 Å². The van der Waals surface area contributed by atoms with E-state index in [1.165, 1.54) is 27.8 Å². The van der Waals surface area contributed by atoms with E-state index in [0.29, 0.717) is 16.2 Å². The number of thioether (sulfide) groups is 1. The van der Waals surface area contributed by atoms with Crippen molar-refractivity contribution in [2.45, 2.75) is 5.16 Å². The van der Waals surface area contributed by atoms with E-state index in [1.807, 2.05) is 48.5 Å². The quantitative estimate of drug-likeness (QED) is 0.738. The van der Waals surface area contributed by atoms with Gasteiger partial charge in [-0.05, 0) is 18.4 Å². The van der Waals surface area contributed by atoms with E-state index in [2.05, 4.69) is 20.3 Å². The molecule has 21 heavy (non-hydrogen) atoms. The summed E-state index contributed by atoms with van der Waals surface area (Å²) in [6.45, 7) is 0. The van der Waals surface area contributed by atoms with Crippen LogP contribution in [-0.4, -0.2) is 38.3 Å². The Morgan fingerprint density at radius 3 is 2.67 bits per heavy atom. The third-order valence-electron chi connectivity index (χ3n) is 2.81. The minimum atomic E-state index is 0.310. The van der Waals surface area contributed by atoms with Gasteiger partial charge >= 0.3 is 0 Å². The molecule has 9 heteroatoms. The average molecular weight is 319 g/mol. The van der Waals surface area contributed by atoms with E-state index in [1.54, 1.807) is 0 Å². The number of nitrogen functional groups attached to an aromatic ring is 1. The largest absolute Gasteiger partial charge is 0.368 e. The van der Waals surface area contributed by atoms with E-state index < -0.39 is 0 Å². The topological polar surface area (TPSA) is 85.8 Å². The SMILES string of the molecule is CSc1nc(N)n(-c2nnc(N(C)c3ccccc3)s2)n1. The molecule has 108 valence electrons. The zero-order valence-corrected chi connectivity index (χ0v) is 13.1. The Hall–Kier alpha value is -2.13. The third-order valence-corrected chi connectivity index (χ3v) is 4.32. The zero-order chi connectivity index (χ0) is 14.8. The van der Waals surface area contributed by atoms with Crippen LogP contribution < -0.4 is 10.6 Å². The molecule has 3 aromatic rings. The fourth-order valence-electron chi connectivity index (χ4n) is 1.72. The van der Waals surface area contributed by atoms with Crippen molar-refractivity contribution in [1.29, 1.82) is 0 Å². The fourth-order valence-corrected chi connectivity index (χ4v) is 2.86. The van der Waals surface area contributed by atoms with E-state index >= 15 is 0 Å². The summed E-state index contributed by atoms with van der Waals surface area (Å²) in [4.78, 5) is 6.10. The van der Waals surface area contributed by atoms with E-state index in [0.717, 1.165) is 10.8 Å². The number of hydrogen-bond donors (Lipinski definition) is 1. The van der Waals surface area contributed by atoms with Crippen LogP contribution in [0, 0.1) is 0 Å². The fraction of sp³-hybridized carbons (Fsp3) is 0.167. The molecule has 0 aliphatic rings. The molecule has 0 saturated carbocycles. The third kappa shape index (κ3) is 2.69. The molecule has 0 saturated heterocycles. The minimum Gasteiger partial charge on any atom is -0.368 e. The van der Waals surface area contributed by atoms with Crippen LogP contribution >= 0.6 is 23.1 Å². The van der Waals surface area contributed by atoms with Crippen LogP contribution in [0.25, 0.3) is 5.13 Å². The second-order valence-corrected chi connectivity index (χ2v) is 5.84. The molecule has 2 heterocycles. The number of anilines is 3. The van der Waals surface area contributed by atoms with Gasteiger partial charge in [-0.1, -0.05) is 41.3 Å². The molecular weight excluding hydrogens is 306 g/mol. The predicted molar refractivity (Wildman–Crippen MR) is 85.5 cm³/mol. The molecular formula is C12H13N7S2. The molecule has 1 aromatic carbocycles. The molecule has 3 rings (SSSR count). The monoisotopic (exact) mass is 319 g/mol. The number of benzene rings is 1. The number of para-hydroxylation sites is 1. The second kappa shape index (κ2) is 5.70. The lowest BCUT2D eigenvalue weighted by atomic mass is 10.3. The molecule has 0 aliphatic carbocycles. The summed E-state index contributed by atoms with van der Waals surface area (Å²) in [5.74, 6) is 0.310. The molecule has 0 spiro atoms. The molecule has 0 amide bonds. The lowest BCUT2D eigenvalue weighted by molar-refractivity contribution is 0.817. The highest BCUT2D eigenvalue weighted by molar-refractivity contribution is 7.98. The number of hydrogen-bond acceptors (Lipinski definition) is 8. The Balaban J connectivity index is 1.91. The Labute approximate surface area is 129 Å². The molecule has 0 fully saturated rings. The first-order valence-corrected chi connectivity index (χ1v) is 8.12. The van der Waals surface area contributed by atoms with E-state index in [4.69, 9.17) is 5.73 Å². The average Bonchev–Trinajstić information content (AvgIpc) is 3.13. The van der Waals surface area contributed by atoms with Crippen LogP contribution in [0.5, 0.6) is 0 Å². The first-order valence-electron chi connectivity index (χ1n) is 6.08. The minimum absolute atomic E-state index is 0.310. The van der Waals surface area contributed by atoms with Crippen LogP contribution in [0.1, 0.15) is 0 Å². The summed E-state index contributed by atoms with van der Waals surface area (Å²) >= 11 is 2.83. The highest BCUT2D eigenvalue weighted by atomic mass is 32.2. The van der Waals surface area contributed by atoms with Gasteiger partial charge in [-0.15, -0.1) is 15.3 Å². The Kier molecular flexibility index (Phi) is 3.76. The lowest BCUT2D eigenvalue weighted by Gasteiger charge is -2.14. The standard InChI is InChI=1S/C12H13N7S2/c1-18(8-6-4-3-5-7-8)11-15-16-12(21-11)19-9(13)14-10(17-19)20-2/h3-7H,1-2H3,(H2,13,14,17). The van der Waals surface area contributed by atoms with Crippen molar-refractivity contribution in [3.63, 3.8) is 0 Å².